The highest BCUT2D eigenvalue weighted by Gasteiger charge is 2.31. The monoisotopic (exact) mass is 318 g/mol. The van der Waals surface area contributed by atoms with Gasteiger partial charge in [0.05, 0.1) is 22.3 Å². The Morgan fingerprint density at radius 1 is 1.35 bits per heavy atom. The zero-order chi connectivity index (χ0) is 15.4. The molecule has 0 unspecified atom stereocenters. The van der Waals surface area contributed by atoms with Gasteiger partial charge < -0.3 is 9.47 Å². The van der Waals surface area contributed by atoms with Crippen LogP contribution in [0, 0.1) is 0 Å². The molecule has 1 aromatic carbocycles. The van der Waals surface area contributed by atoms with E-state index in [0.29, 0.717) is 5.56 Å². The van der Waals surface area contributed by atoms with Crippen LogP contribution in [0.25, 0.3) is 0 Å². The summed E-state index contributed by atoms with van der Waals surface area (Å²) in [5, 5.41) is 0.304. The van der Waals surface area contributed by atoms with Crippen LogP contribution < -0.4 is 0 Å². The quantitative estimate of drug-likeness (QED) is 0.765. The molecule has 0 bridgehead atoms. The fourth-order valence-electron chi connectivity index (χ4n) is 1.65. The van der Waals surface area contributed by atoms with E-state index in [1.807, 2.05) is 13.8 Å². The van der Waals surface area contributed by atoms with E-state index in [1.54, 1.807) is 13.8 Å². The molecule has 0 fully saturated rings. The van der Waals surface area contributed by atoms with Crippen molar-refractivity contribution in [1.29, 1.82) is 0 Å². The van der Waals surface area contributed by atoms with Gasteiger partial charge >= 0.3 is 11.9 Å². The van der Waals surface area contributed by atoms with E-state index in [1.165, 1.54) is 6.07 Å². The highest BCUT2D eigenvalue weighted by atomic mass is 35.5. The first-order valence-electron chi connectivity index (χ1n) is 6.30. The number of benzene rings is 1. The van der Waals surface area contributed by atoms with Crippen molar-refractivity contribution in [3.05, 3.63) is 32.8 Å². The predicted octanol–water partition coefficient (Wildman–Crippen LogP) is 4.26. The van der Waals surface area contributed by atoms with Crippen LogP contribution in [-0.4, -0.2) is 18.0 Å². The molecule has 1 aliphatic rings. The molecule has 0 N–H and O–H groups in total. The average molecular weight is 319 g/mol. The minimum atomic E-state index is -0.612. The lowest BCUT2D eigenvalue weighted by atomic mass is 10.1. The Kier molecular flexibility index (Phi) is 5.84. The van der Waals surface area contributed by atoms with Crippen molar-refractivity contribution >= 4 is 35.1 Å². The van der Waals surface area contributed by atoms with Gasteiger partial charge in [0.25, 0.3) is 0 Å². The van der Waals surface area contributed by atoms with Gasteiger partial charge in [-0.25, -0.2) is 9.59 Å². The number of hydrogen-bond acceptors (Lipinski definition) is 4. The highest BCUT2D eigenvalue weighted by molar-refractivity contribution is 6.39. The van der Waals surface area contributed by atoms with Gasteiger partial charge in [-0.2, -0.15) is 0 Å². The molecule has 0 spiro atoms. The van der Waals surface area contributed by atoms with E-state index in [4.69, 9.17) is 32.7 Å². The third-order valence-electron chi connectivity index (χ3n) is 2.43. The topological polar surface area (TPSA) is 52.6 Å². The molecular weight excluding hydrogens is 303 g/mol. The van der Waals surface area contributed by atoms with Crippen LogP contribution in [0.15, 0.2) is 6.07 Å². The van der Waals surface area contributed by atoms with Gasteiger partial charge in [0.1, 0.15) is 6.61 Å². The fraction of sp³-hybridized carbons (Fsp3) is 0.429. The number of cyclic esters (lactones) is 1. The molecule has 110 valence electrons. The minimum Gasteiger partial charge on any atom is -0.459 e. The molecule has 0 amide bonds. The number of rotatable bonds is 2. The molecule has 0 radical (unpaired) electrons. The van der Waals surface area contributed by atoms with Gasteiger partial charge in [0, 0.05) is 10.6 Å². The SMILES string of the molecule is CC.CC(C)OC(=O)c1cc(Cl)c2c(c1Cl)C(=O)OC2. The Hall–Kier alpha value is -1.26. The van der Waals surface area contributed by atoms with Gasteiger partial charge in [-0.1, -0.05) is 37.0 Å². The predicted molar refractivity (Wildman–Crippen MR) is 77.5 cm³/mol. The maximum Gasteiger partial charge on any atom is 0.340 e. The van der Waals surface area contributed by atoms with Crippen LogP contribution >= 0.6 is 23.2 Å². The Morgan fingerprint density at radius 3 is 2.50 bits per heavy atom. The van der Waals surface area contributed by atoms with Crippen LogP contribution in [0.4, 0.5) is 0 Å². The first-order valence-corrected chi connectivity index (χ1v) is 7.06. The highest BCUT2D eigenvalue weighted by Crippen LogP contribution is 2.36. The first-order chi connectivity index (χ1) is 9.41. The van der Waals surface area contributed by atoms with Crippen molar-refractivity contribution < 1.29 is 19.1 Å². The number of carbonyl (C=O) groups excluding carboxylic acids is 2. The van der Waals surface area contributed by atoms with Crippen LogP contribution in [0.2, 0.25) is 10.0 Å². The molecule has 0 aliphatic carbocycles. The standard InChI is InChI=1S/C12H10Cl2O4.C2H6/c1-5(2)18-11(15)6-3-8(13)7-4-17-12(16)9(7)10(6)14;1-2/h3,5H,4H2,1-2H3;1-2H3. The Bertz CT molecular complexity index is 538. The molecule has 20 heavy (non-hydrogen) atoms. The van der Waals surface area contributed by atoms with E-state index >= 15 is 0 Å². The molecule has 4 nitrogen and oxygen atoms in total. The summed E-state index contributed by atoms with van der Waals surface area (Å²) in [6.45, 7) is 7.51. The number of carbonyl (C=O) groups is 2. The zero-order valence-electron chi connectivity index (χ0n) is 11.8. The minimum absolute atomic E-state index is 0.0301. The summed E-state index contributed by atoms with van der Waals surface area (Å²) in [5.74, 6) is -1.18. The smallest absolute Gasteiger partial charge is 0.340 e. The van der Waals surface area contributed by atoms with E-state index in [9.17, 15) is 9.59 Å². The average Bonchev–Trinajstić information content (AvgIpc) is 2.78. The first kappa shape index (κ1) is 16.8. The largest absolute Gasteiger partial charge is 0.459 e. The third kappa shape index (κ3) is 3.25. The summed E-state index contributed by atoms with van der Waals surface area (Å²) in [4.78, 5) is 23.3. The summed E-state index contributed by atoms with van der Waals surface area (Å²) in [6, 6.07) is 1.40. The molecular formula is C14H16Cl2O4. The van der Waals surface area contributed by atoms with Crippen LogP contribution in [0.5, 0.6) is 0 Å². The summed E-state index contributed by atoms with van der Waals surface area (Å²) >= 11 is 12.0. The molecule has 0 saturated carbocycles. The molecule has 2 rings (SSSR count). The van der Waals surface area contributed by atoms with Crippen molar-refractivity contribution in [2.45, 2.75) is 40.4 Å². The van der Waals surface area contributed by atoms with E-state index in [-0.39, 0.29) is 33.9 Å². The molecule has 6 heteroatoms. The van der Waals surface area contributed by atoms with Gasteiger partial charge in [0.15, 0.2) is 0 Å². The molecule has 0 saturated heterocycles. The van der Waals surface area contributed by atoms with E-state index in [0.717, 1.165) is 0 Å². The normalized spacial score (nSPS) is 12.4. The van der Waals surface area contributed by atoms with Gasteiger partial charge in [0.2, 0.25) is 0 Å². The second-order valence-corrected chi connectivity index (χ2v) is 4.89. The van der Waals surface area contributed by atoms with Gasteiger partial charge in [-0.3, -0.25) is 0 Å². The molecule has 0 atom stereocenters. The Morgan fingerprint density at radius 2 is 1.95 bits per heavy atom. The maximum absolute atomic E-state index is 11.8. The number of fused-ring (bicyclic) bond motifs is 1. The Balaban J connectivity index is 0.000000956. The van der Waals surface area contributed by atoms with Gasteiger partial charge in [-0.05, 0) is 19.9 Å². The van der Waals surface area contributed by atoms with Crippen LogP contribution in [0.1, 0.15) is 54.0 Å². The lowest BCUT2D eigenvalue weighted by Gasteiger charge is -2.11. The van der Waals surface area contributed by atoms with Crippen molar-refractivity contribution in [2.75, 3.05) is 0 Å². The second kappa shape index (κ2) is 6.95. The molecule has 1 aromatic rings. The lowest BCUT2D eigenvalue weighted by Crippen LogP contribution is -2.13. The van der Waals surface area contributed by atoms with Crippen molar-refractivity contribution in [3.63, 3.8) is 0 Å². The zero-order valence-corrected chi connectivity index (χ0v) is 13.3. The van der Waals surface area contributed by atoms with Crippen LogP contribution in [-0.2, 0) is 16.1 Å². The van der Waals surface area contributed by atoms with Crippen LogP contribution in [0.3, 0.4) is 0 Å². The van der Waals surface area contributed by atoms with Crippen molar-refractivity contribution in [1.82, 2.24) is 0 Å². The summed E-state index contributed by atoms with van der Waals surface area (Å²) in [6.07, 6.45) is -0.285. The number of hydrogen-bond donors (Lipinski definition) is 0. The maximum atomic E-state index is 11.8. The van der Waals surface area contributed by atoms with Crippen molar-refractivity contribution in [3.8, 4) is 0 Å². The van der Waals surface area contributed by atoms with E-state index in [2.05, 4.69) is 0 Å². The molecule has 1 aliphatic heterocycles. The molecule has 1 heterocycles. The van der Waals surface area contributed by atoms with Crippen molar-refractivity contribution in [2.24, 2.45) is 0 Å². The Labute approximate surface area is 128 Å². The number of esters is 2. The third-order valence-corrected chi connectivity index (χ3v) is 3.16. The second-order valence-electron chi connectivity index (χ2n) is 4.10. The lowest BCUT2D eigenvalue weighted by molar-refractivity contribution is 0.0378. The molecule has 0 aromatic heterocycles. The van der Waals surface area contributed by atoms with E-state index < -0.39 is 11.9 Å². The number of halogens is 2. The fourth-order valence-corrected chi connectivity index (χ4v) is 2.23. The summed E-state index contributed by atoms with van der Waals surface area (Å²) < 4.78 is 9.87. The summed E-state index contributed by atoms with van der Waals surface area (Å²) in [5.41, 5.74) is 0.737. The van der Waals surface area contributed by atoms with Gasteiger partial charge in [-0.15, -0.1) is 0 Å². The number of ether oxygens (including phenoxy) is 2. The summed E-state index contributed by atoms with van der Waals surface area (Å²) in [7, 11) is 0.